The van der Waals surface area contributed by atoms with E-state index in [0.29, 0.717) is 11.6 Å². The molecule has 0 radical (unpaired) electrons. The van der Waals surface area contributed by atoms with E-state index in [9.17, 15) is 4.39 Å². The molecule has 1 aromatic carbocycles. The molecule has 100 valence electrons. The summed E-state index contributed by atoms with van der Waals surface area (Å²) in [5, 5.41) is 0. The number of hydrogen-bond donors (Lipinski definition) is 1. The summed E-state index contributed by atoms with van der Waals surface area (Å²) >= 11 is 0. The first-order valence-corrected chi connectivity index (χ1v) is 6.46. The summed E-state index contributed by atoms with van der Waals surface area (Å²) in [5.41, 5.74) is 7.29. The Bertz CT molecular complexity index is 406. The fourth-order valence-electron chi connectivity index (χ4n) is 2.52. The zero-order valence-electron chi connectivity index (χ0n) is 11.2. The lowest BCUT2D eigenvalue weighted by Gasteiger charge is -2.20. The molecule has 1 aliphatic heterocycles. The van der Waals surface area contributed by atoms with Gasteiger partial charge in [-0.25, -0.2) is 4.39 Å². The molecular formula is C14H22FN3. The Morgan fingerprint density at radius 2 is 2.22 bits per heavy atom. The van der Waals surface area contributed by atoms with Gasteiger partial charge in [-0.1, -0.05) is 12.1 Å². The van der Waals surface area contributed by atoms with Gasteiger partial charge in [0.2, 0.25) is 0 Å². The van der Waals surface area contributed by atoms with Gasteiger partial charge in [-0.2, -0.15) is 0 Å². The minimum Gasteiger partial charge on any atom is -0.326 e. The van der Waals surface area contributed by atoms with E-state index in [1.165, 1.54) is 12.5 Å². The Labute approximate surface area is 108 Å². The molecule has 0 aromatic heterocycles. The molecule has 1 heterocycles. The molecular weight excluding hydrogens is 229 g/mol. The van der Waals surface area contributed by atoms with Crippen LogP contribution in [0.4, 0.5) is 4.39 Å². The van der Waals surface area contributed by atoms with E-state index in [0.717, 1.165) is 25.2 Å². The van der Waals surface area contributed by atoms with Crippen molar-refractivity contribution >= 4 is 0 Å². The minimum absolute atomic E-state index is 0.200. The predicted octanol–water partition coefficient (Wildman–Crippen LogP) is 1.42. The molecule has 1 unspecified atom stereocenters. The number of hydrogen-bond acceptors (Lipinski definition) is 3. The van der Waals surface area contributed by atoms with Crippen LogP contribution in [-0.2, 0) is 13.1 Å². The van der Waals surface area contributed by atoms with E-state index in [2.05, 4.69) is 23.9 Å². The highest BCUT2D eigenvalue weighted by molar-refractivity contribution is 5.25. The number of likely N-dealkylation sites (tertiary alicyclic amines) is 1. The SMILES string of the molecule is CN(C)C1CCN(Cc2ccc(F)c(CN)c2)C1. The van der Waals surface area contributed by atoms with Gasteiger partial charge in [0.15, 0.2) is 0 Å². The van der Waals surface area contributed by atoms with E-state index >= 15 is 0 Å². The minimum atomic E-state index is -0.200. The molecule has 3 nitrogen and oxygen atoms in total. The lowest BCUT2D eigenvalue weighted by molar-refractivity contribution is 0.264. The maximum Gasteiger partial charge on any atom is 0.127 e. The summed E-state index contributed by atoms with van der Waals surface area (Å²) in [6.07, 6.45) is 1.21. The van der Waals surface area contributed by atoms with Crippen molar-refractivity contribution in [2.75, 3.05) is 27.2 Å². The molecule has 2 N–H and O–H groups in total. The first-order chi connectivity index (χ1) is 8.60. The maximum absolute atomic E-state index is 13.4. The number of nitrogens with two attached hydrogens (primary N) is 1. The normalized spacial score (nSPS) is 20.8. The Hall–Kier alpha value is -0.970. The summed E-state index contributed by atoms with van der Waals surface area (Å²) in [6, 6.07) is 5.91. The lowest BCUT2D eigenvalue weighted by Crippen LogP contribution is -2.31. The molecule has 4 heteroatoms. The molecule has 1 aliphatic rings. The fourth-order valence-corrected chi connectivity index (χ4v) is 2.52. The highest BCUT2D eigenvalue weighted by Crippen LogP contribution is 2.18. The summed E-state index contributed by atoms with van der Waals surface area (Å²) in [7, 11) is 4.25. The van der Waals surface area contributed by atoms with Crippen LogP contribution < -0.4 is 5.73 Å². The van der Waals surface area contributed by atoms with Gasteiger partial charge in [0.25, 0.3) is 0 Å². The van der Waals surface area contributed by atoms with Crippen LogP contribution in [0.2, 0.25) is 0 Å². The van der Waals surface area contributed by atoms with Crippen LogP contribution in [0.25, 0.3) is 0 Å². The molecule has 18 heavy (non-hydrogen) atoms. The third-order valence-electron chi connectivity index (χ3n) is 3.71. The van der Waals surface area contributed by atoms with Gasteiger partial charge in [0.1, 0.15) is 5.82 Å². The lowest BCUT2D eigenvalue weighted by atomic mass is 10.1. The average Bonchev–Trinajstić information content (AvgIpc) is 2.80. The van der Waals surface area contributed by atoms with Crippen LogP contribution in [-0.4, -0.2) is 43.0 Å². The third-order valence-corrected chi connectivity index (χ3v) is 3.71. The molecule has 0 amide bonds. The van der Waals surface area contributed by atoms with E-state index in [1.54, 1.807) is 0 Å². The second-order valence-electron chi connectivity index (χ2n) is 5.27. The van der Waals surface area contributed by atoms with Gasteiger partial charge in [-0.15, -0.1) is 0 Å². The van der Waals surface area contributed by atoms with Gasteiger partial charge >= 0.3 is 0 Å². The summed E-state index contributed by atoms with van der Waals surface area (Å²) in [5.74, 6) is -0.200. The second kappa shape index (κ2) is 5.78. The molecule has 1 aromatic rings. The maximum atomic E-state index is 13.4. The van der Waals surface area contributed by atoms with Gasteiger partial charge in [-0.3, -0.25) is 4.90 Å². The van der Waals surface area contributed by atoms with Crippen LogP contribution >= 0.6 is 0 Å². The van der Waals surface area contributed by atoms with Crippen molar-refractivity contribution in [2.24, 2.45) is 5.73 Å². The van der Waals surface area contributed by atoms with E-state index in [-0.39, 0.29) is 12.4 Å². The Morgan fingerprint density at radius 3 is 2.83 bits per heavy atom. The van der Waals surface area contributed by atoms with Crippen molar-refractivity contribution in [2.45, 2.75) is 25.6 Å². The molecule has 0 spiro atoms. The molecule has 1 saturated heterocycles. The van der Waals surface area contributed by atoms with Gasteiger partial charge < -0.3 is 10.6 Å². The largest absolute Gasteiger partial charge is 0.326 e. The zero-order valence-corrected chi connectivity index (χ0v) is 11.2. The monoisotopic (exact) mass is 251 g/mol. The second-order valence-corrected chi connectivity index (χ2v) is 5.27. The average molecular weight is 251 g/mol. The Morgan fingerprint density at radius 1 is 1.44 bits per heavy atom. The van der Waals surface area contributed by atoms with Crippen molar-refractivity contribution in [1.29, 1.82) is 0 Å². The fraction of sp³-hybridized carbons (Fsp3) is 0.571. The van der Waals surface area contributed by atoms with Crippen LogP contribution in [0.1, 0.15) is 17.5 Å². The van der Waals surface area contributed by atoms with Crippen molar-refractivity contribution in [3.8, 4) is 0 Å². The molecule has 0 aliphatic carbocycles. The summed E-state index contributed by atoms with van der Waals surface area (Å²) < 4.78 is 13.4. The molecule has 0 saturated carbocycles. The highest BCUT2D eigenvalue weighted by Gasteiger charge is 2.23. The van der Waals surface area contributed by atoms with Crippen molar-refractivity contribution in [1.82, 2.24) is 9.80 Å². The first kappa shape index (κ1) is 13.5. The number of nitrogens with zero attached hydrogens (tertiary/aromatic N) is 2. The van der Waals surface area contributed by atoms with Crippen LogP contribution in [0.15, 0.2) is 18.2 Å². The summed E-state index contributed by atoms with van der Waals surface area (Å²) in [6.45, 7) is 3.35. The van der Waals surface area contributed by atoms with Gasteiger partial charge in [-0.05, 0) is 32.1 Å². The zero-order chi connectivity index (χ0) is 13.1. The standard InChI is InChI=1S/C14H22FN3/c1-17(2)13-5-6-18(10-13)9-11-3-4-14(15)12(7-11)8-16/h3-4,7,13H,5-6,8-10,16H2,1-2H3. The molecule has 0 bridgehead atoms. The van der Waals surface area contributed by atoms with Crippen molar-refractivity contribution in [3.63, 3.8) is 0 Å². The van der Waals surface area contributed by atoms with Crippen molar-refractivity contribution in [3.05, 3.63) is 35.1 Å². The molecule has 1 fully saturated rings. The predicted molar refractivity (Wildman–Crippen MR) is 71.7 cm³/mol. The van der Waals surface area contributed by atoms with E-state index < -0.39 is 0 Å². The van der Waals surface area contributed by atoms with Crippen LogP contribution in [0.3, 0.4) is 0 Å². The first-order valence-electron chi connectivity index (χ1n) is 6.46. The van der Waals surface area contributed by atoms with Crippen LogP contribution in [0, 0.1) is 5.82 Å². The van der Waals surface area contributed by atoms with E-state index in [1.807, 2.05) is 12.1 Å². The number of halogens is 1. The summed E-state index contributed by atoms with van der Waals surface area (Å²) in [4.78, 5) is 4.69. The number of benzene rings is 1. The quantitative estimate of drug-likeness (QED) is 0.878. The molecule has 1 atom stereocenters. The van der Waals surface area contributed by atoms with Crippen molar-refractivity contribution < 1.29 is 4.39 Å². The molecule has 2 rings (SSSR count). The van der Waals surface area contributed by atoms with E-state index in [4.69, 9.17) is 5.73 Å². The highest BCUT2D eigenvalue weighted by atomic mass is 19.1. The third kappa shape index (κ3) is 3.07. The van der Waals surface area contributed by atoms with Gasteiger partial charge in [0, 0.05) is 37.8 Å². The Kier molecular flexibility index (Phi) is 4.32. The van der Waals surface area contributed by atoms with Gasteiger partial charge in [0.05, 0.1) is 0 Å². The Balaban J connectivity index is 1.98. The van der Waals surface area contributed by atoms with Crippen LogP contribution in [0.5, 0.6) is 0 Å². The topological polar surface area (TPSA) is 32.5 Å². The smallest absolute Gasteiger partial charge is 0.127 e. The number of likely N-dealkylation sites (N-methyl/N-ethyl adjacent to an activating group) is 1. The number of rotatable bonds is 4.